The quantitative estimate of drug-likeness (QED) is 0.295. The fourth-order valence-corrected chi connectivity index (χ4v) is 3.26. The monoisotopic (exact) mass is 329 g/mol. The lowest BCUT2D eigenvalue weighted by molar-refractivity contribution is -0.696. The van der Waals surface area contributed by atoms with E-state index in [4.69, 9.17) is 14.4 Å². The number of hydrogen-bond acceptors (Lipinski definition) is 3. The lowest BCUT2D eigenvalue weighted by Crippen LogP contribution is -2.37. The standard InChI is InChI=1S/C16H33N2O3Si/c1-2-3-4-5-6-7-8-9-11-17-13-14-18(16-17)12-10-15-22(19,20)21/h13-14,16,19-21H,2-12,15H2,1H3/q+1. The van der Waals surface area contributed by atoms with E-state index in [1.165, 1.54) is 51.4 Å². The molecule has 0 spiro atoms. The van der Waals surface area contributed by atoms with Crippen molar-refractivity contribution >= 4 is 8.80 Å². The van der Waals surface area contributed by atoms with Crippen LogP contribution in [0, 0.1) is 0 Å². The molecule has 6 heteroatoms. The second-order valence-corrected chi connectivity index (χ2v) is 8.29. The highest BCUT2D eigenvalue weighted by molar-refractivity contribution is 6.56. The summed E-state index contributed by atoms with van der Waals surface area (Å²) in [6.45, 7) is 4.00. The summed E-state index contributed by atoms with van der Waals surface area (Å²) in [5, 5.41) is 0. The van der Waals surface area contributed by atoms with Gasteiger partial charge in [-0.05, 0) is 19.3 Å². The van der Waals surface area contributed by atoms with Gasteiger partial charge in [0.25, 0.3) is 0 Å². The van der Waals surface area contributed by atoms with Gasteiger partial charge >= 0.3 is 8.80 Å². The second-order valence-electron chi connectivity index (χ2n) is 6.24. The van der Waals surface area contributed by atoms with E-state index in [0.717, 1.165) is 6.54 Å². The maximum atomic E-state index is 8.97. The average molecular weight is 330 g/mol. The highest BCUT2D eigenvalue weighted by atomic mass is 28.4. The highest BCUT2D eigenvalue weighted by Gasteiger charge is 2.26. The molecule has 1 aromatic heterocycles. The average Bonchev–Trinajstić information content (AvgIpc) is 2.88. The first kappa shape index (κ1) is 19.4. The fraction of sp³-hybridized carbons (Fsp3) is 0.812. The summed E-state index contributed by atoms with van der Waals surface area (Å²) in [6.07, 6.45) is 17.3. The zero-order valence-electron chi connectivity index (χ0n) is 14.0. The zero-order chi connectivity index (χ0) is 16.3. The van der Waals surface area contributed by atoms with Crippen molar-refractivity contribution in [3.63, 3.8) is 0 Å². The summed E-state index contributed by atoms with van der Waals surface area (Å²) in [5.74, 6) is 0. The van der Waals surface area contributed by atoms with Crippen molar-refractivity contribution in [2.75, 3.05) is 0 Å². The van der Waals surface area contributed by atoms with Crippen LogP contribution < -0.4 is 4.57 Å². The minimum atomic E-state index is -3.87. The van der Waals surface area contributed by atoms with Crippen molar-refractivity contribution in [3.05, 3.63) is 18.7 Å². The molecule has 0 aliphatic carbocycles. The Kier molecular flexibility index (Phi) is 9.62. The Hall–Kier alpha value is -0.693. The van der Waals surface area contributed by atoms with Gasteiger partial charge in [0.15, 0.2) is 0 Å². The topological polar surface area (TPSA) is 69.5 Å². The van der Waals surface area contributed by atoms with Crippen LogP contribution in [0.15, 0.2) is 18.7 Å². The SMILES string of the molecule is CCCCCCCCCCn1cc[n+](CCC[Si](O)(O)O)c1. The van der Waals surface area contributed by atoms with Gasteiger partial charge in [0.2, 0.25) is 6.33 Å². The third-order valence-electron chi connectivity index (χ3n) is 3.94. The first-order valence-corrected chi connectivity index (χ1v) is 10.8. The molecular formula is C16H33N2O3Si+. The van der Waals surface area contributed by atoms with Crippen LogP contribution in [0.3, 0.4) is 0 Å². The molecule has 0 atom stereocenters. The van der Waals surface area contributed by atoms with E-state index in [-0.39, 0.29) is 6.04 Å². The summed E-state index contributed by atoms with van der Waals surface area (Å²) >= 11 is 0. The van der Waals surface area contributed by atoms with E-state index >= 15 is 0 Å². The van der Waals surface area contributed by atoms with Crippen LogP contribution in [0.25, 0.3) is 0 Å². The molecule has 1 aromatic rings. The molecule has 0 saturated carbocycles. The van der Waals surface area contributed by atoms with Gasteiger partial charge in [0.1, 0.15) is 12.4 Å². The Morgan fingerprint density at radius 3 is 2.18 bits per heavy atom. The molecule has 0 aliphatic heterocycles. The van der Waals surface area contributed by atoms with E-state index in [1.807, 2.05) is 10.8 Å². The maximum absolute atomic E-state index is 8.97. The molecule has 0 fully saturated rings. The minimum Gasteiger partial charge on any atom is -0.390 e. The van der Waals surface area contributed by atoms with Crippen LogP contribution in [-0.2, 0) is 13.1 Å². The first-order valence-electron chi connectivity index (χ1n) is 8.73. The number of hydrogen-bond donors (Lipinski definition) is 3. The normalized spacial score (nSPS) is 12.0. The molecule has 0 aliphatic rings. The van der Waals surface area contributed by atoms with Gasteiger partial charge in [-0.2, -0.15) is 0 Å². The van der Waals surface area contributed by atoms with E-state index in [0.29, 0.717) is 13.0 Å². The van der Waals surface area contributed by atoms with Gasteiger partial charge in [-0.25, -0.2) is 9.13 Å². The van der Waals surface area contributed by atoms with Crippen molar-refractivity contribution in [1.82, 2.24) is 4.57 Å². The molecular weight excluding hydrogens is 296 g/mol. The van der Waals surface area contributed by atoms with Crippen molar-refractivity contribution in [2.45, 2.75) is 83.8 Å². The van der Waals surface area contributed by atoms with E-state index in [2.05, 4.69) is 24.0 Å². The molecule has 3 N–H and O–H groups in total. The van der Waals surface area contributed by atoms with Crippen molar-refractivity contribution in [3.8, 4) is 0 Å². The van der Waals surface area contributed by atoms with Gasteiger partial charge < -0.3 is 14.4 Å². The van der Waals surface area contributed by atoms with Gasteiger partial charge in [0, 0.05) is 6.04 Å². The molecule has 22 heavy (non-hydrogen) atoms. The Labute approximate surface area is 135 Å². The fourth-order valence-electron chi connectivity index (χ4n) is 2.63. The molecule has 0 unspecified atom stereocenters. The molecule has 1 rings (SSSR count). The molecule has 0 saturated heterocycles. The van der Waals surface area contributed by atoms with E-state index in [1.54, 1.807) is 0 Å². The largest absolute Gasteiger partial charge is 0.492 e. The van der Waals surface area contributed by atoms with E-state index < -0.39 is 8.80 Å². The van der Waals surface area contributed by atoms with Crippen LogP contribution in [0.5, 0.6) is 0 Å². The van der Waals surface area contributed by atoms with Crippen molar-refractivity contribution < 1.29 is 19.0 Å². The van der Waals surface area contributed by atoms with Crippen molar-refractivity contribution in [1.29, 1.82) is 0 Å². The van der Waals surface area contributed by atoms with E-state index in [9.17, 15) is 0 Å². The lowest BCUT2D eigenvalue weighted by Gasteiger charge is -2.06. The molecule has 0 radical (unpaired) electrons. The molecule has 1 heterocycles. The number of unbranched alkanes of at least 4 members (excludes halogenated alkanes) is 7. The lowest BCUT2D eigenvalue weighted by atomic mass is 10.1. The molecule has 0 bridgehead atoms. The smallest absolute Gasteiger partial charge is 0.390 e. The zero-order valence-corrected chi connectivity index (χ0v) is 15.0. The maximum Gasteiger partial charge on any atom is 0.492 e. The molecule has 0 aromatic carbocycles. The van der Waals surface area contributed by atoms with Gasteiger partial charge in [0.05, 0.1) is 13.1 Å². The predicted octanol–water partition coefficient (Wildman–Crippen LogP) is 2.22. The van der Waals surface area contributed by atoms with Crippen LogP contribution in [-0.4, -0.2) is 27.8 Å². The Morgan fingerprint density at radius 2 is 1.55 bits per heavy atom. The number of aromatic nitrogens is 2. The third kappa shape index (κ3) is 10.1. The number of aryl methyl sites for hydroxylation is 2. The van der Waals surface area contributed by atoms with Crippen LogP contribution in [0.1, 0.15) is 64.7 Å². The Balaban J connectivity index is 2.05. The highest BCUT2D eigenvalue weighted by Crippen LogP contribution is 2.09. The summed E-state index contributed by atoms with van der Waals surface area (Å²) in [4.78, 5) is 26.9. The molecule has 0 amide bonds. The predicted molar refractivity (Wildman–Crippen MR) is 89.1 cm³/mol. The Morgan fingerprint density at radius 1 is 0.909 bits per heavy atom. The number of nitrogens with zero attached hydrogens (tertiary/aromatic N) is 2. The van der Waals surface area contributed by atoms with Crippen molar-refractivity contribution in [2.24, 2.45) is 0 Å². The number of imidazole rings is 1. The van der Waals surface area contributed by atoms with Gasteiger partial charge in [-0.1, -0.05) is 45.4 Å². The summed E-state index contributed by atoms with van der Waals surface area (Å²) < 4.78 is 4.21. The second kappa shape index (κ2) is 10.9. The third-order valence-corrected chi connectivity index (χ3v) is 4.97. The first-order chi connectivity index (χ1) is 10.5. The van der Waals surface area contributed by atoms with Crippen LogP contribution in [0.2, 0.25) is 6.04 Å². The molecule has 5 nitrogen and oxygen atoms in total. The van der Waals surface area contributed by atoms with Crippen LogP contribution in [0.4, 0.5) is 0 Å². The minimum absolute atomic E-state index is 0.100. The number of rotatable bonds is 13. The Bertz CT molecular complexity index is 391. The van der Waals surface area contributed by atoms with Crippen LogP contribution >= 0.6 is 0 Å². The molecule has 128 valence electrons. The van der Waals surface area contributed by atoms with Gasteiger partial charge in [-0.15, -0.1) is 0 Å². The summed E-state index contributed by atoms with van der Waals surface area (Å²) in [6, 6.07) is 0.100. The summed E-state index contributed by atoms with van der Waals surface area (Å²) in [7, 11) is -3.87. The van der Waals surface area contributed by atoms with Gasteiger partial charge in [-0.3, -0.25) is 0 Å². The summed E-state index contributed by atoms with van der Waals surface area (Å²) in [5.41, 5.74) is 0.